The Morgan fingerprint density at radius 3 is 2.62 bits per heavy atom. The van der Waals surface area contributed by atoms with Gasteiger partial charge < -0.3 is 9.64 Å². The number of carbonyl (C=O) groups is 1. The van der Waals surface area contributed by atoms with Gasteiger partial charge in [-0.1, -0.05) is 25.1 Å². The Hall–Kier alpha value is -1.60. The summed E-state index contributed by atoms with van der Waals surface area (Å²) in [5, 5.41) is 0. The maximum absolute atomic E-state index is 12.6. The van der Waals surface area contributed by atoms with Gasteiger partial charge in [0.15, 0.2) is 0 Å². The van der Waals surface area contributed by atoms with Gasteiger partial charge in [-0.2, -0.15) is 0 Å². The lowest BCUT2D eigenvalue weighted by molar-refractivity contribution is -0.130. The highest BCUT2D eigenvalue weighted by Gasteiger charge is 2.26. The lowest BCUT2D eigenvalue weighted by Crippen LogP contribution is -2.38. The van der Waals surface area contributed by atoms with Gasteiger partial charge in [0, 0.05) is 31.7 Å². The first kappa shape index (κ1) is 18.7. The summed E-state index contributed by atoms with van der Waals surface area (Å²) in [4.78, 5) is 14.3. The summed E-state index contributed by atoms with van der Waals surface area (Å²) in [5.74, 6) is 0.879. The average molecular weight is 354 g/mol. The molecule has 1 aliphatic heterocycles. The first-order chi connectivity index (χ1) is 11.5. The standard InChI is InChI=1S/C17H26N2O4S/c1-3-13-24(21,22)19-10-6-9-18(11-12-19)17(20)14-15-7-4-5-8-16(15)23-2/h4-5,7-8H,3,6,9-14H2,1-2H3. The normalized spacial score (nSPS) is 16.7. The molecule has 2 rings (SSSR count). The molecule has 1 heterocycles. The predicted molar refractivity (Wildman–Crippen MR) is 93.5 cm³/mol. The van der Waals surface area contributed by atoms with E-state index in [0.717, 1.165) is 5.56 Å². The van der Waals surface area contributed by atoms with Gasteiger partial charge in [-0.3, -0.25) is 4.79 Å². The summed E-state index contributed by atoms with van der Waals surface area (Å²) in [5.41, 5.74) is 0.852. The van der Waals surface area contributed by atoms with Gasteiger partial charge >= 0.3 is 0 Å². The second-order valence-electron chi connectivity index (χ2n) is 5.94. The van der Waals surface area contributed by atoms with Gasteiger partial charge in [0.05, 0.1) is 19.3 Å². The fraction of sp³-hybridized carbons (Fsp3) is 0.588. The Balaban J connectivity index is 1.99. The second kappa shape index (κ2) is 8.48. The molecule has 0 atom stereocenters. The molecule has 0 bridgehead atoms. The lowest BCUT2D eigenvalue weighted by atomic mass is 10.1. The van der Waals surface area contributed by atoms with Crippen LogP contribution in [0.4, 0.5) is 0 Å². The number of para-hydroxylation sites is 1. The molecule has 24 heavy (non-hydrogen) atoms. The predicted octanol–water partition coefficient (Wildman–Crippen LogP) is 1.51. The maximum Gasteiger partial charge on any atom is 0.227 e. The van der Waals surface area contributed by atoms with Crippen LogP contribution in [0.5, 0.6) is 5.75 Å². The Labute approximate surface area is 144 Å². The van der Waals surface area contributed by atoms with Crippen molar-refractivity contribution < 1.29 is 17.9 Å². The third-order valence-corrected chi connectivity index (χ3v) is 6.27. The van der Waals surface area contributed by atoms with Crippen LogP contribution in [-0.2, 0) is 21.2 Å². The summed E-state index contributed by atoms with van der Waals surface area (Å²) in [6, 6.07) is 7.47. The minimum Gasteiger partial charge on any atom is -0.496 e. The molecule has 0 radical (unpaired) electrons. The van der Waals surface area contributed by atoms with E-state index in [4.69, 9.17) is 4.74 Å². The van der Waals surface area contributed by atoms with E-state index >= 15 is 0 Å². The highest BCUT2D eigenvalue weighted by atomic mass is 32.2. The first-order valence-electron chi connectivity index (χ1n) is 8.35. The van der Waals surface area contributed by atoms with Crippen LogP contribution in [0.1, 0.15) is 25.3 Å². The molecule has 1 fully saturated rings. The van der Waals surface area contributed by atoms with Gasteiger partial charge in [0.1, 0.15) is 5.75 Å². The van der Waals surface area contributed by atoms with Crippen LogP contribution in [0.2, 0.25) is 0 Å². The fourth-order valence-corrected chi connectivity index (χ4v) is 4.47. The van der Waals surface area contributed by atoms with E-state index in [9.17, 15) is 13.2 Å². The summed E-state index contributed by atoms with van der Waals surface area (Å²) >= 11 is 0. The number of benzene rings is 1. The van der Waals surface area contributed by atoms with E-state index in [1.807, 2.05) is 31.2 Å². The van der Waals surface area contributed by atoms with Crippen molar-refractivity contribution in [3.05, 3.63) is 29.8 Å². The van der Waals surface area contributed by atoms with Crippen molar-refractivity contribution in [3.8, 4) is 5.75 Å². The Morgan fingerprint density at radius 1 is 1.17 bits per heavy atom. The molecule has 1 aromatic rings. The third-order valence-electron chi connectivity index (χ3n) is 4.20. The SMILES string of the molecule is CCCS(=O)(=O)N1CCCN(C(=O)Cc2ccccc2OC)CC1. The van der Waals surface area contributed by atoms with Crippen LogP contribution in [-0.4, -0.2) is 62.6 Å². The van der Waals surface area contributed by atoms with Crippen LogP contribution in [0.3, 0.4) is 0 Å². The van der Waals surface area contributed by atoms with Gasteiger partial charge in [-0.05, 0) is 18.9 Å². The van der Waals surface area contributed by atoms with Crippen molar-refractivity contribution in [3.63, 3.8) is 0 Å². The number of sulfonamides is 1. The minimum absolute atomic E-state index is 0.00856. The monoisotopic (exact) mass is 354 g/mol. The van der Waals surface area contributed by atoms with Gasteiger partial charge in [-0.25, -0.2) is 12.7 Å². The van der Waals surface area contributed by atoms with Gasteiger partial charge in [0.2, 0.25) is 15.9 Å². The lowest BCUT2D eigenvalue weighted by Gasteiger charge is -2.22. The maximum atomic E-state index is 12.6. The van der Waals surface area contributed by atoms with Crippen molar-refractivity contribution in [1.82, 2.24) is 9.21 Å². The summed E-state index contributed by atoms with van der Waals surface area (Å²) in [7, 11) is -1.61. The number of rotatable bonds is 6. The zero-order valence-electron chi connectivity index (χ0n) is 14.4. The zero-order valence-corrected chi connectivity index (χ0v) is 15.2. The van der Waals surface area contributed by atoms with E-state index in [2.05, 4.69) is 0 Å². The van der Waals surface area contributed by atoms with Crippen LogP contribution < -0.4 is 4.74 Å². The van der Waals surface area contributed by atoms with Crippen molar-refractivity contribution in [1.29, 1.82) is 0 Å². The Bertz CT molecular complexity index is 660. The number of nitrogens with zero attached hydrogens (tertiary/aromatic N) is 2. The quantitative estimate of drug-likeness (QED) is 0.777. The molecule has 1 aromatic carbocycles. The zero-order chi connectivity index (χ0) is 17.6. The van der Waals surface area contributed by atoms with Crippen molar-refractivity contribution in [2.75, 3.05) is 39.0 Å². The number of amides is 1. The molecule has 0 aromatic heterocycles. The van der Waals surface area contributed by atoms with Crippen molar-refractivity contribution in [2.24, 2.45) is 0 Å². The number of hydrogen-bond acceptors (Lipinski definition) is 4. The van der Waals surface area contributed by atoms with E-state index in [0.29, 0.717) is 44.8 Å². The largest absolute Gasteiger partial charge is 0.496 e. The second-order valence-corrected chi connectivity index (χ2v) is 8.03. The molecule has 0 spiro atoms. The minimum atomic E-state index is -3.20. The van der Waals surface area contributed by atoms with E-state index < -0.39 is 10.0 Å². The van der Waals surface area contributed by atoms with Crippen LogP contribution >= 0.6 is 0 Å². The third kappa shape index (κ3) is 4.70. The molecule has 7 heteroatoms. The van der Waals surface area contributed by atoms with Crippen LogP contribution in [0.25, 0.3) is 0 Å². The molecule has 1 aliphatic rings. The topological polar surface area (TPSA) is 66.9 Å². The van der Waals surface area contributed by atoms with E-state index in [-0.39, 0.29) is 18.1 Å². The van der Waals surface area contributed by atoms with Gasteiger partial charge in [0.25, 0.3) is 0 Å². The highest BCUT2D eigenvalue weighted by Crippen LogP contribution is 2.19. The molecule has 1 saturated heterocycles. The molecule has 0 aliphatic carbocycles. The fourth-order valence-electron chi connectivity index (χ4n) is 2.93. The van der Waals surface area contributed by atoms with E-state index in [1.54, 1.807) is 12.0 Å². The molecule has 0 unspecified atom stereocenters. The molecule has 1 amide bonds. The molecule has 0 N–H and O–H groups in total. The number of hydrogen-bond donors (Lipinski definition) is 0. The van der Waals surface area contributed by atoms with Crippen LogP contribution in [0.15, 0.2) is 24.3 Å². The van der Waals surface area contributed by atoms with Crippen molar-refractivity contribution in [2.45, 2.75) is 26.2 Å². The van der Waals surface area contributed by atoms with Crippen molar-refractivity contribution >= 4 is 15.9 Å². The molecule has 0 saturated carbocycles. The molecule has 134 valence electrons. The smallest absolute Gasteiger partial charge is 0.227 e. The Morgan fingerprint density at radius 2 is 1.92 bits per heavy atom. The Kier molecular flexibility index (Phi) is 6.62. The first-order valence-corrected chi connectivity index (χ1v) is 9.96. The summed E-state index contributed by atoms with van der Waals surface area (Å²) in [6.07, 6.45) is 1.54. The van der Waals surface area contributed by atoms with Crippen LogP contribution in [0, 0.1) is 0 Å². The number of carbonyl (C=O) groups excluding carboxylic acids is 1. The highest BCUT2D eigenvalue weighted by molar-refractivity contribution is 7.89. The van der Waals surface area contributed by atoms with E-state index in [1.165, 1.54) is 4.31 Å². The summed E-state index contributed by atoms with van der Waals surface area (Å²) in [6.45, 7) is 3.75. The number of ether oxygens (including phenoxy) is 1. The molecular weight excluding hydrogens is 328 g/mol. The number of methoxy groups -OCH3 is 1. The summed E-state index contributed by atoms with van der Waals surface area (Å²) < 4.78 is 31.2. The molecular formula is C17H26N2O4S. The average Bonchev–Trinajstić information content (AvgIpc) is 2.82. The van der Waals surface area contributed by atoms with Gasteiger partial charge in [-0.15, -0.1) is 0 Å². The molecule has 6 nitrogen and oxygen atoms in total.